The first kappa shape index (κ1) is 20.9. The van der Waals surface area contributed by atoms with Crippen LogP contribution in [0, 0.1) is 5.82 Å². The van der Waals surface area contributed by atoms with E-state index in [1.165, 1.54) is 6.07 Å². The molecule has 0 aliphatic carbocycles. The summed E-state index contributed by atoms with van der Waals surface area (Å²) >= 11 is 0. The first-order chi connectivity index (χ1) is 12.3. The third-order valence-corrected chi connectivity index (χ3v) is 5.12. The molecular formula is C15H12F4N2O4S2. The first-order valence-electron chi connectivity index (χ1n) is 6.98. The van der Waals surface area contributed by atoms with Gasteiger partial charge in [-0.3, -0.25) is 4.72 Å². The highest BCUT2D eigenvalue weighted by Gasteiger charge is 2.30. The lowest BCUT2D eigenvalue weighted by Gasteiger charge is -2.09. The van der Waals surface area contributed by atoms with Crippen LogP contribution < -0.4 is 9.86 Å². The Hall–Kier alpha value is -2.44. The second-order valence-corrected chi connectivity index (χ2v) is 8.35. The van der Waals surface area contributed by atoms with Crippen LogP contribution in [0.2, 0.25) is 0 Å². The van der Waals surface area contributed by atoms with Gasteiger partial charge in [0.15, 0.2) is 0 Å². The summed E-state index contributed by atoms with van der Waals surface area (Å²) in [6, 6.07) is 6.02. The van der Waals surface area contributed by atoms with Gasteiger partial charge >= 0.3 is 6.18 Å². The predicted octanol–water partition coefficient (Wildman–Crippen LogP) is 2.90. The maximum atomic E-state index is 13.3. The SMILES string of the molecule is NS(=O)(=O)c1ccc(F)cc1NS(=O)(=O)C=Cc1cccc(C(F)(F)F)c1. The Bertz CT molecular complexity index is 1100. The van der Waals surface area contributed by atoms with E-state index < -0.39 is 48.2 Å². The number of nitrogens with two attached hydrogens (primary N) is 1. The van der Waals surface area contributed by atoms with E-state index >= 15 is 0 Å². The van der Waals surface area contributed by atoms with Crippen molar-refractivity contribution in [2.45, 2.75) is 11.1 Å². The second kappa shape index (κ2) is 7.29. The van der Waals surface area contributed by atoms with Crippen molar-refractivity contribution in [3.63, 3.8) is 0 Å². The average Bonchev–Trinajstić information content (AvgIpc) is 2.51. The number of rotatable bonds is 5. The van der Waals surface area contributed by atoms with E-state index in [1.54, 1.807) is 0 Å². The molecule has 0 heterocycles. The number of sulfonamides is 2. The van der Waals surface area contributed by atoms with Crippen LogP contribution >= 0.6 is 0 Å². The molecule has 0 aliphatic heterocycles. The number of hydrogen-bond donors (Lipinski definition) is 2. The lowest BCUT2D eigenvalue weighted by Crippen LogP contribution is -2.17. The van der Waals surface area contributed by atoms with Crippen molar-refractivity contribution in [1.82, 2.24) is 0 Å². The molecule has 12 heteroatoms. The van der Waals surface area contributed by atoms with Gasteiger partial charge in [-0.1, -0.05) is 12.1 Å². The standard InChI is InChI=1S/C15H12F4N2O4S2/c16-12-4-5-14(27(20,24)25)13(9-12)21-26(22,23)7-6-10-2-1-3-11(8-10)15(17,18)19/h1-9,21H,(H2,20,24,25). The van der Waals surface area contributed by atoms with Gasteiger partial charge in [0.05, 0.1) is 16.7 Å². The Balaban J connectivity index is 2.34. The van der Waals surface area contributed by atoms with Crippen molar-refractivity contribution in [3.8, 4) is 0 Å². The van der Waals surface area contributed by atoms with E-state index in [0.717, 1.165) is 36.4 Å². The molecule has 0 aliphatic rings. The van der Waals surface area contributed by atoms with Gasteiger partial charge in [-0.25, -0.2) is 26.4 Å². The molecule has 0 amide bonds. The summed E-state index contributed by atoms with van der Waals surface area (Å²) in [7, 11) is -8.73. The average molecular weight is 424 g/mol. The minimum atomic E-state index is -4.60. The largest absolute Gasteiger partial charge is 0.416 e. The van der Waals surface area contributed by atoms with Crippen LogP contribution in [0.25, 0.3) is 6.08 Å². The zero-order chi connectivity index (χ0) is 20.5. The van der Waals surface area contributed by atoms with Crippen LogP contribution in [0.1, 0.15) is 11.1 Å². The number of halogens is 4. The van der Waals surface area contributed by atoms with Crippen LogP contribution in [0.15, 0.2) is 52.8 Å². The summed E-state index contributed by atoms with van der Waals surface area (Å²) in [5, 5.41) is 5.45. The van der Waals surface area contributed by atoms with Crippen LogP contribution in [0.4, 0.5) is 23.2 Å². The van der Waals surface area contributed by atoms with Crippen LogP contribution in [0.5, 0.6) is 0 Å². The van der Waals surface area contributed by atoms with Gasteiger partial charge in [0.25, 0.3) is 10.0 Å². The Kier molecular flexibility index (Phi) is 5.63. The fourth-order valence-corrected chi connectivity index (χ4v) is 3.62. The second-order valence-electron chi connectivity index (χ2n) is 5.26. The molecule has 2 aromatic carbocycles. The Morgan fingerprint density at radius 3 is 2.26 bits per heavy atom. The number of primary sulfonamides is 1. The lowest BCUT2D eigenvalue weighted by atomic mass is 10.1. The number of hydrogen-bond acceptors (Lipinski definition) is 4. The van der Waals surface area contributed by atoms with E-state index in [2.05, 4.69) is 0 Å². The summed E-state index contributed by atoms with van der Waals surface area (Å²) in [5.41, 5.74) is -1.68. The number of anilines is 1. The van der Waals surface area contributed by atoms with E-state index in [4.69, 9.17) is 5.14 Å². The third kappa shape index (κ3) is 5.77. The van der Waals surface area contributed by atoms with Crippen molar-refractivity contribution in [2.75, 3.05) is 4.72 Å². The smallest absolute Gasteiger partial charge is 0.279 e. The van der Waals surface area contributed by atoms with Crippen molar-refractivity contribution in [3.05, 3.63) is 64.8 Å². The van der Waals surface area contributed by atoms with Gasteiger partial charge in [-0.05, 0) is 42.0 Å². The molecule has 2 rings (SSSR count). The molecule has 6 nitrogen and oxygen atoms in total. The number of nitrogens with one attached hydrogen (secondary N) is 1. The van der Waals surface area contributed by atoms with Gasteiger partial charge in [0.1, 0.15) is 10.7 Å². The molecule has 0 unspecified atom stereocenters. The van der Waals surface area contributed by atoms with E-state index in [9.17, 15) is 34.4 Å². The zero-order valence-electron chi connectivity index (χ0n) is 13.2. The van der Waals surface area contributed by atoms with Gasteiger partial charge in [0, 0.05) is 0 Å². The van der Waals surface area contributed by atoms with Gasteiger partial charge in [-0.15, -0.1) is 0 Å². The highest BCUT2D eigenvalue weighted by molar-refractivity contribution is 7.95. The highest BCUT2D eigenvalue weighted by atomic mass is 32.2. The minimum absolute atomic E-state index is 0.0684. The highest BCUT2D eigenvalue weighted by Crippen LogP contribution is 2.30. The molecule has 0 aromatic heterocycles. The molecule has 3 N–H and O–H groups in total. The van der Waals surface area contributed by atoms with Crippen molar-refractivity contribution < 1.29 is 34.4 Å². The molecular weight excluding hydrogens is 412 g/mol. The van der Waals surface area contributed by atoms with Crippen molar-refractivity contribution in [1.29, 1.82) is 0 Å². The molecule has 2 aromatic rings. The normalized spacial score (nSPS) is 13.1. The molecule has 0 saturated heterocycles. The van der Waals surface area contributed by atoms with Gasteiger partial charge in [0.2, 0.25) is 10.0 Å². The maximum Gasteiger partial charge on any atom is 0.416 e. The fraction of sp³-hybridized carbons (Fsp3) is 0.0667. The maximum absolute atomic E-state index is 13.3. The summed E-state index contributed by atoms with van der Waals surface area (Å²) in [6.07, 6.45) is -3.74. The van der Waals surface area contributed by atoms with E-state index in [-0.39, 0.29) is 5.56 Å². The van der Waals surface area contributed by atoms with Crippen molar-refractivity contribution >= 4 is 31.8 Å². The molecule has 0 fully saturated rings. The number of alkyl halides is 3. The zero-order valence-corrected chi connectivity index (χ0v) is 14.9. The summed E-state index contributed by atoms with van der Waals surface area (Å²) in [5.74, 6) is -0.929. The van der Waals surface area contributed by atoms with Gasteiger partial charge < -0.3 is 0 Å². The summed E-state index contributed by atoms with van der Waals surface area (Å²) in [6.45, 7) is 0. The molecule has 0 saturated carbocycles. The number of benzene rings is 2. The molecule has 0 atom stereocenters. The molecule has 0 spiro atoms. The first-order valence-corrected chi connectivity index (χ1v) is 10.1. The van der Waals surface area contributed by atoms with E-state index in [0.29, 0.717) is 11.5 Å². The summed E-state index contributed by atoms with van der Waals surface area (Å²) in [4.78, 5) is -0.667. The van der Waals surface area contributed by atoms with E-state index in [1.807, 2.05) is 4.72 Å². The monoisotopic (exact) mass is 424 g/mol. The summed E-state index contributed by atoms with van der Waals surface area (Å²) < 4.78 is 100. The van der Waals surface area contributed by atoms with Crippen LogP contribution in [0.3, 0.4) is 0 Å². The van der Waals surface area contributed by atoms with Crippen LogP contribution in [-0.2, 0) is 26.2 Å². The lowest BCUT2D eigenvalue weighted by molar-refractivity contribution is -0.137. The predicted molar refractivity (Wildman–Crippen MR) is 90.8 cm³/mol. The molecule has 146 valence electrons. The molecule has 0 radical (unpaired) electrons. The topological polar surface area (TPSA) is 106 Å². The Morgan fingerprint density at radius 1 is 1.00 bits per heavy atom. The Morgan fingerprint density at radius 2 is 1.67 bits per heavy atom. The van der Waals surface area contributed by atoms with Crippen molar-refractivity contribution in [2.24, 2.45) is 5.14 Å². The third-order valence-electron chi connectivity index (χ3n) is 3.15. The quantitative estimate of drug-likeness (QED) is 0.720. The fourth-order valence-electron chi connectivity index (χ4n) is 2.00. The Labute approximate surface area is 152 Å². The van der Waals surface area contributed by atoms with Gasteiger partial charge in [-0.2, -0.15) is 13.2 Å². The van der Waals surface area contributed by atoms with Crippen LogP contribution in [-0.4, -0.2) is 16.8 Å². The molecule has 27 heavy (non-hydrogen) atoms. The molecule has 0 bridgehead atoms. The minimum Gasteiger partial charge on any atom is -0.279 e.